The third-order valence-corrected chi connectivity index (χ3v) is 5.71. The second kappa shape index (κ2) is 9.18. The molecule has 0 saturated carbocycles. The molecule has 0 N–H and O–H groups in total. The van der Waals surface area contributed by atoms with Crippen molar-refractivity contribution in [3.63, 3.8) is 0 Å². The van der Waals surface area contributed by atoms with Crippen LogP contribution in [0.5, 0.6) is 5.75 Å². The fraction of sp³-hybridized carbons (Fsp3) is 0.304. The molecule has 0 saturated heterocycles. The second-order valence-electron chi connectivity index (χ2n) is 7.03. The molecule has 1 heterocycles. The number of amides is 1. The minimum absolute atomic E-state index is 0.0819. The lowest BCUT2D eigenvalue weighted by atomic mass is 10.1. The highest BCUT2D eigenvalue weighted by Gasteiger charge is 2.19. The van der Waals surface area contributed by atoms with Crippen LogP contribution in [0.2, 0.25) is 0 Å². The van der Waals surface area contributed by atoms with Crippen molar-refractivity contribution in [2.45, 2.75) is 40.8 Å². The Morgan fingerprint density at radius 2 is 1.97 bits per heavy atom. The molecule has 3 rings (SSSR count). The first-order chi connectivity index (χ1) is 13.9. The number of rotatable bonds is 7. The van der Waals surface area contributed by atoms with E-state index in [0.717, 1.165) is 27.6 Å². The summed E-state index contributed by atoms with van der Waals surface area (Å²) in [4.78, 5) is 18.8. The summed E-state index contributed by atoms with van der Waals surface area (Å²) in [5, 5.41) is 2.76. The summed E-state index contributed by atoms with van der Waals surface area (Å²) < 4.78 is 19.9. The van der Waals surface area contributed by atoms with E-state index in [1.807, 2.05) is 32.2 Å². The molecule has 152 valence electrons. The maximum absolute atomic E-state index is 14.0. The molecule has 0 spiro atoms. The molecule has 0 aliphatic rings. The van der Waals surface area contributed by atoms with E-state index in [1.54, 1.807) is 17.0 Å². The van der Waals surface area contributed by atoms with Gasteiger partial charge in [0.15, 0.2) is 0 Å². The molecule has 0 aliphatic heterocycles. The molecule has 0 atom stereocenters. The Hall–Kier alpha value is -2.73. The Kier molecular flexibility index (Phi) is 6.64. The Balaban J connectivity index is 1.66. The van der Waals surface area contributed by atoms with E-state index in [1.165, 1.54) is 29.0 Å². The zero-order valence-electron chi connectivity index (χ0n) is 17.2. The highest BCUT2D eigenvalue weighted by atomic mass is 32.1. The van der Waals surface area contributed by atoms with Crippen molar-refractivity contribution in [3.05, 3.63) is 80.6 Å². The summed E-state index contributed by atoms with van der Waals surface area (Å²) in [6, 6.07) is 10.2. The molecule has 29 heavy (non-hydrogen) atoms. The fourth-order valence-corrected chi connectivity index (χ4v) is 3.80. The van der Waals surface area contributed by atoms with E-state index < -0.39 is 5.82 Å². The molecule has 1 amide bonds. The Bertz CT molecular complexity index is 1020. The summed E-state index contributed by atoms with van der Waals surface area (Å²) in [5.41, 5.74) is 4.34. The first-order valence-corrected chi connectivity index (χ1v) is 10.4. The van der Waals surface area contributed by atoms with E-state index in [-0.39, 0.29) is 11.5 Å². The first-order valence-electron chi connectivity index (χ1n) is 9.56. The average Bonchev–Trinajstić information content (AvgIpc) is 3.15. The predicted molar refractivity (Wildman–Crippen MR) is 114 cm³/mol. The monoisotopic (exact) mass is 412 g/mol. The lowest BCUT2D eigenvalue weighted by molar-refractivity contribution is 0.0746. The molecule has 0 radical (unpaired) electrons. The molecular formula is C23H25FN2O2S. The van der Waals surface area contributed by atoms with Crippen molar-refractivity contribution < 1.29 is 13.9 Å². The quantitative estimate of drug-likeness (QED) is 0.518. The molecule has 1 aromatic heterocycles. The number of hydrogen-bond donors (Lipinski definition) is 0. The van der Waals surface area contributed by atoms with Gasteiger partial charge in [0.1, 0.15) is 23.2 Å². The van der Waals surface area contributed by atoms with Crippen molar-refractivity contribution in [2.75, 3.05) is 6.54 Å². The van der Waals surface area contributed by atoms with Crippen LogP contribution in [0.3, 0.4) is 0 Å². The molecule has 0 unspecified atom stereocenters. The van der Waals surface area contributed by atoms with Crippen LogP contribution in [-0.2, 0) is 13.2 Å². The van der Waals surface area contributed by atoms with E-state index >= 15 is 0 Å². The van der Waals surface area contributed by atoms with Crippen molar-refractivity contribution in [2.24, 2.45) is 0 Å². The predicted octanol–water partition coefficient (Wildman–Crippen LogP) is 5.45. The van der Waals surface area contributed by atoms with Gasteiger partial charge in [0.2, 0.25) is 0 Å². The van der Waals surface area contributed by atoms with Gasteiger partial charge in [0.05, 0.1) is 17.8 Å². The van der Waals surface area contributed by atoms with Gasteiger partial charge in [-0.3, -0.25) is 4.79 Å². The number of hydrogen-bond acceptors (Lipinski definition) is 4. The second-order valence-corrected chi connectivity index (χ2v) is 7.97. The molecule has 0 aliphatic carbocycles. The molecule has 6 heteroatoms. The molecule has 3 aromatic rings. The minimum atomic E-state index is -0.507. The van der Waals surface area contributed by atoms with Crippen LogP contribution in [0.25, 0.3) is 0 Å². The smallest absolute Gasteiger partial charge is 0.257 e. The van der Waals surface area contributed by atoms with Gasteiger partial charge in [-0.15, -0.1) is 11.3 Å². The van der Waals surface area contributed by atoms with Crippen LogP contribution in [0.4, 0.5) is 4.39 Å². The topological polar surface area (TPSA) is 42.4 Å². The zero-order chi connectivity index (χ0) is 21.0. The number of ether oxygens (including phenoxy) is 1. The maximum atomic E-state index is 14.0. The van der Waals surface area contributed by atoms with E-state index in [2.05, 4.69) is 18.0 Å². The van der Waals surface area contributed by atoms with Crippen LogP contribution >= 0.6 is 11.3 Å². The van der Waals surface area contributed by atoms with Crippen molar-refractivity contribution in [1.29, 1.82) is 0 Å². The van der Waals surface area contributed by atoms with E-state index in [0.29, 0.717) is 19.7 Å². The largest absolute Gasteiger partial charge is 0.486 e. The van der Waals surface area contributed by atoms with Gasteiger partial charge in [-0.05, 0) is 62.6 Å². The van der Waals surface area contributed by atoms with Crippen molar-refractivity contribution in [3.8, 4) is 5.75 Å². The average molecular weight is 413 g/mol. The summed E-state index contributed by atoms with van der Waals surface area (Å²) in [7, 11) is 0. The number of aromatic nitrogens is 1. The minimum Gasteiger partial charge on any atom is -0.486 e. The third-order valence-electron chi connectivity index (χ3n) is 4.84. The van der Waals surface area contributed by atoms with Gasteiger partial charge in [-0.25, -0.2) is 9.37 Å². The molecule has 4 nitrogen and oxygen atoms in total. The van der Waals surface area contributed by atoms with Crippen LogP contribution in [-0.4, -0.2) is 22.3 Å². The summed E-state index contributed by atoms with van der Waals surface area (Å²) >= 11 is 1.50. The summed E-state index contributed by atoms with van der Waals surface area (Å²) in [6.07, 6.45) is 0. The first kappa shape index (κ1) is 21.0. The third kappa shape index (κ3) is 5.01. The van der Waals surface area contributed by atoms with Gasteiger partial charge in [0.25, 0.3) is 5.91 Å². The zero-order valence-corrected chi connectivity index (χ0v) is 18.0. The number of benzene rings is 2. The number of halogens is 1. The number of aryl methyl sites for hydroxylation is 2. The summed E-state index contributed by atoms with van der Waals surface area (Å²) in [5.74, 6) is 0.0264. The van der Waals surface area contributed by atoms with Crippen LogP contribution in [0.15, 0.2) is 41.8 Å². The van der Waals surface area contributed by atoms with Gasteiger partial charge in [-0.1, -0.05) is 18.2 Å². The Labute approximate surface area is 175 Å². The van der Waals surface area contributed by atoms with Gasteiger partial charge < -0.3 is 9.64 Å². The van der Waals surface area contributed by atoms with Gasteiger partial charge in [-0.2, -0.15) is 0 Å². The van der Waals surface area contributed by atoms with Crippen LogP contribution < -0.4 is 4.74 Å². The van der Waals surface area contributed by atoms with E-state index in [4.69, 9.17) is 4.74 Å². The molecule has 0 fully saturated rings. The molecule has 0 bridgehead atoms. The number of carbonyl (C=O) groups is 1. The Morgan fingerprint density at radius 3 is 2.69 bits per heavy atom. The highest BCUT2D eigenvalue weighted by Crippen LogP contribution is 2.25. The number of thiazole rings is 1. The van der Waals surface area contributed by atoms with Crippen LogP contribution in [0, 0.1) is 26.6 Å². The van der Waals surface area contributed by atoms with Gasteiger partial charge in [0, 0.05) is 11.9 Å². The molecule has 2 aromatic carbocycles. The lowest BCUT2D eigenvalue weighted by Gasteiger charge is -2.20. The number of carbonyl (C=O) groups excluding carboxylic acids is 1. The molecular weight excluding hydrogens is 387 g/mol. The Morgan fingerprint density at radius 1 is 1.21 bits per heavy atom. The van der Waals surface area contributed by atoms with Gasteiger partial charge >= 0.3 is 0 Å². The standard InChI is InChI=1S/C23H25FN2O2S/c1-5-26(23(27)19-8-6-7-9-20(19)24)12-18-14-29-22(25-18)13-28-21-11-15(2)10-16(3)17(21)4/h6-11,14H,5,12-13H2,1-4H3. The highest BCUT2D eigenvalue weighted by molar-refractivity contribution is 7.09. The summed E-state index contributed by atoms with van der Waals surface area (Å²) in [6.45, 7) is 9.22. The maximum Gasteiger partial charge on any atom is 0.257 e. The lowest BCUT2D eigenvalue weighted by Crippen LogP contribution is -2.31. The van der Waals surface area contributed by atoms with Crippen LogP contribution in [0.1, 0.15) is 44.7 Å². The van der Waals surface area contributed by atoms with Crippen molar-refractivity contribution >= 4 is 17.2 Å². The fourth-order valence-electron chi connectivity index (χ4n) is 3.11. The van der Waals surface area contributed by atoms with E-state index in [9.17, 15) is 9.18 Å². The SMILES string of the molecule is CCN(Cc1csc(COc2cc(C)cc(C)c2C)n1)C(=O)c1ccccc1F. The van der Waals surface area contributed by atoms with Crippen molar-refractivity contribution in [1.82, 2.24) is 9.88 Å². The number of nitrogens with zero attached hydrogens (tertiary/aromatic N) is 2. The normalized spacial score (nSPS) is 10.8.